The number of aryl methyl sites for hydroxylation is 1. The Morgan fingerprint density at radius 1 is 0.833 bits per heavy atom. The van der Waals surface area contributed by atoms with Crippen LogP contribution in [0.5, 0.6) is 0 Å². The van der Waals surface area contributed by atoms with E-state index in [2.05, 4.69) is 91.8 Å². The fraction of sp³-hybridized carbons (Fsp3) is 0.107. The Kier molecular flexibility index (Phi) is 8.40. The lowest BCUT2D eigenvalue weighted by Gasteiger charge is -2.11. The zero-order valence-electron chi connectivity index (χ0n) is 20.1. The summed E-state index contributed by atoms with van der Waals surface area (Å²) in [5.41, 5.74) is 4.42. The summed E-state index contributed by atoms with van der Waals surface area (Å²) in [6.45, 7) is 1.82. The van der Waals surface area contributed by atoms with Gasteiger partial charge in [0.05, 0.1) is 15.1 Å². The molecule has 0 unspecified atom stereocenters. The normalized spacial score (nSPS) is 11.1. The van der Waals surface area contributed by atoms with Crippen molar-refractivity contribution in [2.75, 3.05) is 19.0 Å². The van der Waals surface area contributed by atoms with Crippen molar-refractivity contribution in [2.45, 2.75) is 11.8 Å². The van der Waals surface area contributed by atoms with Crippen LogP contribution in [0.1, 0.15) is 5.56 Å². The average Bonchev–Trinajstić information content (AvgIpc) is 3.28. The van der Waals surface area contributed by atoms with Gasteiger partial charge in [-0.3, -0.25) is 0 Å². The van der Waals surface area contributed by atoms with Crippen molar-refractivity contribution in [3.8, 4) is 10.6 Å². The van der Waals surface area contributed by atoms with Crippen LogP contribution in [-0.4, -0.2) is 32.0 Å². The Bertz CT molecular complexity index is 1550. The van der Waals surface area contributed by atoms with Crippen LogP contribution in [0.4, 0.5) is 5.69 Å². The number of rotatable bonds is 5. The molecule has 4 aromatic carbocycles. The van der Waals surface area contributed by atoms with E-state index in [-0.39, 0.29) is 26.1 Å². The largest absolute Gasteiger partial charge is 0.744 e. The van der Waals surface area contributed by atoms with Crippen LogP contribution >= 0.6 is 11.3 Å². The van der Waals surface area contributed by atoms with E-state index in [1.807, 2.05) is 6.92 Å². The summed E-state index contributed by atoms with van der Waals surface area (Å²) >= 11 is 1.65. The van der Waals surface area contributed by atoms with Gasteiger partial charge in [0.15, 0.2) is 7.14 Å². The molecule has 8 heteroatoms. The van der Waals surface area contributed by atoms with Gasteiger partial charge >= 0.3 is 21.2 Å². The third-order valence-corrected chi connectivity index (χ3v) is 9.79. The molecule has 1 aromatic heterocycles. The van der Waals surface area contributed by atoms with Crippen molar-refractivity contribution < 1.29 is 34.2 Å². The van der Waals surface area contributed by atoms with Gasteiger partial charge in [-0.15, -0.1) is 11.3 Å². The highest BCUT2D eigenvalue weighted by Crippen LogP contribution is 2.30. The van der Waals surface area contributed by atoms with Gasteiger partial charge in [0.25, 0.3) is 0 Å². The highest BCUT2D eigenvalue weighted by atomic mass is 127. The van der Waals surface area contributed by atoms with E-state index in [1.165, 1.54) is 35.2 Å². The molecule has 1 heterocycles. The van der Waals surface area contributed by atoms with Gasteiger partial charge in [-0.2, -0.15) is 0 Å². The van der Waals surface area contributed by atoms with Crippen molar-refractivity contribution in [3.05, 3.63) is 110 Å². The molecule has 5 nitrogen and oxygen atoms in total. The predicted molar refractivity (Wildman–Crippen MR) is 142 cm³/mol. The highest BCUT2D eigenvalue weighted by Gasteiger charge is 2.17. The van der Waals surface area contributed by atoms with Gasteiger partial charge in [-0.05, 0) is 67.6 Å². The molecular formula is C28H25IN2O3S2. The molecule has 5 aromatic rings. The van der Waals surface area contributed by atoms with Crippen LogP contribution < -0.4 is 26.1 Å². The standard InChI is InChI=1S/C21H18IN2S.C7H8O3S/c1-24(2)18-11-8-15(9-12-18)21-23-19-13-10-17(14-20(19)25-21)22-16-6-4-3-5-7-16;1-6-2-4-7(5-3-6)11(8,9)10/h3-14H,1-2H3;2-5H,1H3,(H,8,9,10)/q+1;/p-1. The third-order valence-electron chi connectivity index (χ3n) is 5.24. The maximum Gasteiger partial charge on any atom is 0.357 e. The molecule has 0 atom stereocenters. The minimum atomic E-state index is -4.27. The summed E-state index contributed by atoms with van der Waals surface area (Å²) in [6, 6.07) is 31.9. The maximum absolute atomic E-state index is 10.4. The van der Waals surface area contributed by atoms with E-state index in [1.54, 1.807) is 23.5 Å². The SMILES string of the molecule is CN(C)c1ccc(-c2nc3ccc([I+]c4ccccc4)cc3s2)cc1.Cc1ccc(S(=O)(=O)[O-])cc1. The van der Waals surface area contributed by atoms with Gasteiger partial charge in [0.1, 0.15) is 15.1 Å². The summed E-state index contributed by atoms with van der Waals surface area (Å²) in [4.78, 5) is 6.76. The van der Waals surface area contributed by atoms with Crippen LogP contribution in [-0.2, 0) is 10.1 Å². The molecule has 0 amide bonds. The summed E-state index contributed by atoms with van der Waals surface area (Å²) in [5, 5.41) is 1.09. The second kappa shape index (κ2) is 11.5. The molecule has 184 valence electrons. The van der Waals surface area contributed by atoms with Gasteiger partial charge < -0.3 is 9.45 Å². The Morgan fingerprint density at radius 2 is 1.50 bits per heavy atom. The lowest BCUT2D eigenvalue weighted by atomic mass is 10.2. The van der Waals surface area contributed by atoms with Crippen LogP contribution in [0.2, 0.25) is 0 Å². The number of anilines is 1. The monoisotopic (exact) mass is 628 g/mol. The molecule has 5 rings (SSSR count). The number of fused-ring (bicyclic) bond motifs is 1. The van der Waals surface area contributed by atoms with Crippen molar-refractivity contribution in [1.82, 2.24) is 4.98 Å². The van der Waals surface area contributed by atoms with Crippen molar-refractivity contribution in [2.24, 2.45) is 0 Å². The first-order chi connectivity index (χ1) is 17.2. The van der Waals surface area contributed by atoms with Crippen LogP contribution in [0, 0.1) is 14.1 Å². The molecule has 0 N–H and O–H groups in total. The lowest BCUT2D eigenvalue weighted by molar-refractivity contribution is -0.597. The van der Waals surface area contributed by atoms with E-state index >= 15 is 0 Å². The van der Waals surface area contributed by atoms with Gasteiger partial charge in [0.2, 0.25) is 0 Å². The Balaban J connectivity index is 0.000000233. The van der Waals surface area contributed by atoms with E-state index in [0.717, 1.165) is 16.1 Å². The Labute approximate surface area is 226 Å². The highest BCUT2D eigenvalue weighted by molar-refractivity contribution is 7.85. The second-order valence-corrected chi connectivity index (χ2v) is 13.7. The maximum atomic E-state index is 10.4. The first kappa shape index (κ1) is 26.3. The van der Waals surface area contributed by atoms with E-state index in [0.29, 0.717) is 0 Å². The van der Waals surface area contributed by atoms with E-state index in [9.17, 15) is 13.0 Å². The second-order valence-electron chi connectivity index (χ2n) is 8.23. The average molecular weight is 629 g/mol. The zero-order chi connectivity index (χ0) is 25.7. The first-order valence-electron chi connectivity index (χ1n) is 11.1. The molecular weight excluding hydrogens is 603 g/mol. The number of nitrogens with zero attached hydrogens (tertiary/aromatic N) is 2. The molecule has 0 saturated heterocycles. The number of halogens is 1. The molecule has 0 radical (unpaired) electrons. The van der Waals surface area contributed by atoms with Crippen LogP contribution in [0.15, 0.2) is 102 Å². The number of hydrogen-bond donors (Lipinski definition) is 0. The quantitative estimate of drug-likeness (QED) is 0.221. The minimum absolute atomic E-state index is 0.131. The fourth-order valence-electron chi connectivity index (χ4n) is 3.29. The molecule has 0 bridgehead atoms. The summed E-state index contributed by atoms with van der Waals surface area (Å²) in [7, 11) is -0.150. The summed E-state index contributed by atoms with van der Waals surface area (Å²) in [6.07, 6.45) is 0. The first-order valence-corrected chi connectivity index (χ1v) is 15.5. The number of hydrogen-bond acceptors (Lipinski definition) is 6. The van der Waals surface area contributed by atoms with Gasteiger partial charge in [0, 0.05) is 31.4 Å². The lowest BCUT2D eigenvalue weighted by Crippen LogP contribution is -3.61. The molecule has 0 fully saturated rings. The summed E-state index contributed by atoms with van der Waals surface area (Å²) < 4.78 is 35.3. The number of benzene rings is 4. The smallest absolute Gasteiger partial charge is 0.357 e. The van der Waals surface area contributed by atoms with Crippen molar-refractivity contribution >= 4 is 37.4 Å². The molecule has 0 aliphatic rings. The molecule has 0 aliphatic carbocycles. The number of thiazole rings is 1. The molecule has 0 aliphatic heterocycles. The van der Waals surface area contributed by atoms with Crippen molar-refractivity contribution in [1.29, 1.82) is 0 Å². The van der Waals surface area contributed by atoms with E-state index in [4.69, 9.17) is 4.98 Å². The topological polar surface area (TPSA) is 73.3 Å². The Morgan fingerprint density at radius 3 is 2.11 bits per heavy atom. The third kappa shape index (κ3) is 6.91. The molecule has 0 spiro atoms. The van der Waals surface area contributed by atoms with Crippen LogP contribution in [0.3, 0.4) is 0 Å². The van der Waals surface area contributed by atoms with Crippen LogP contribution in [0.25, 0.3) is 20.8 Å². The predicted octanol–water partition coefficient (Wildman–Crippen LogP) is 3.06. The summed E-state index contributed by atoms with van der Waals surface area (Å²) in [5.74, 6) is 0. The van der Waals surface area contributed by atoms with Crippen molar-refractivity contribution in [3.63, 3.8) is 0 Å². The Hall–Kier alpha value is -2.79. The zero-order valence-corrected chi connectivity index (χ0v) is 23.8. The van der Waals surface area contributed by atoms with E-state index < -0.39 is 10.1 Å². The number of aromatic nitrogens is 1. The minimum Gasteiger partial charge on any atom is -0.744 e. The fourth-order valence-corrected chi connectivity index (χ4v) is 7.30. The van der Waals surface area contributed by atoms with Gasteiger partial charge in [-0.25, -0.2) is 13.4 Å². The molecule has 0 saturated carbocycles. The molecule has 36 heavy (non-hydrogen) atoms. The van der Waals surface area contributed by atoms with Gasteiger partial charge in [-0.1, -0.05) is 35.9 Å².